The molecule has 2 amide bonds. The first-order chi connectivity index (χ1) is 12.5. The molecular formula is C20H22ClN3O2. The second-order valence-electron chi connectivity index (χ2n) is 6.44. The minimum absolute atomic E-state index is 0.144. The second-order valence-corrected chi connectivity index (χ2v) is 6.88. The van der Waals surface area contributed by atoms with Crippen molar-refractivity contribution in [3.8, 4) is 0 Å². The van der Waals surface area contributed by atoms with Gasteiger partial charge in [-0.15, -0.1) is 0 Å². The molecule has 0 radical (unpaired) electrons. The maximum absolute atomic E-state index is 12.2. The third-order valence-corrected chi connectivity index (χ3v) is 4.79. The zero-order valence-corrected chi connectivity index (χ0v) is 15.5. The number of carbonyl (C=O) groups excluding carboxylic acids is 2. The quantitative estimate of drug-likeness (QED) is 0.897. The van der Waals surface area contributed by atoms with Crippen molar-refractivity contribution in [2.24, 2.45) is 0 Å². The molecule has 1 aliphatic rings. The maximum Gasteiger partial charge on any atom is 0.255 e. The van der Waals surface area contributed by atoms with Gasteiger partial charge in [-0.25, -0.2) is 0 Å². The molecule has 0 saturated carbocycles. The topological polar surface area (TPSA) is 52.7 Å². The van der Waals surface area contributed by atoms with Gasteiger partial charge in [0, 0.05) is 55.9 Å². The number of nitrogens with zero attached hydrogens (tertiary/aromatic N) is 2. The number of anilines is 1. The molecule has 26 heavy (non-hydrogen) atoms. The summed E-state index contributed by atoms with van der Waals surface area (Å²) in [7, 11) is 0. The summed E-state index contributed by atoms with van der Waals surface area (Å²) < 4.78 is 0. The van der Waals surface area contributed by atoms with E-state index in [2.05, 4.69) is 10.2 Å². The summed E-state index contributed by atoms with van der Waals surface area (Å²) in [5, 5.41) is 3.49. The number of piperazine rings is 1. The van der Waals surface area contributed by atoms with Gasteiger partial charge in [0.15, 0.2) is 0 Å². The van der Waals surface area contributed by atoms with Gasteiger partial charge in [0.25, 0.3) is 5.91 Å². The summed E-state index contributed by atoms with van der Waals surface area (Å²) in [6, 6.07) is 14.7. The SMILES string of the molecule is CC(=O)N1CCN(Cc2ccc(NC(=O)c3ccc(Cl)cc3)cc2)CC1. The molecule has 1 N–H and O–H groups in total. The molecule has 5 nitrogen and oxygen atoms in total. The molecule has 0 unspecified atom stereocenters. The van der Waals surface area contributed by atoms with E-state index in [9.17, 15) is 9.59 Å². The van der Waals surface area contributed by atoms with Gasteiger partial charge in [-0.2, -0.15) is 0 Å². The van der Waals surface area contributed by atoms with Crippen molar-refractivity contribution in [3.05, 3.63) is 64.7 Å². The van der Waals surface area contributed by atoms with E-state index in [0.717, 1.165) is 38.4 Å². The highest BCUT2D eigenvalue weighted by Crippen LogP contribution is 2.15. The lowest BCUT2D eigenvalue weighted by molar-refractivity contribution is -0.130. The molecule has 2 aromatic rings. The molecule has 6 heteroatoms. The summed E-state index contributed by atoms with van der Waals surface area (Å²) in [4.78, 5) is 27.8. The van der Waals surface area contributed by atoms with Crippen LogP contribution in [0.25, 0.3) is 0 Å². The lowest BCUT2D eigenvalue weighted by Crippen LogP contribution is -2.47. The van der Waals surface area contributed by atoms with Gasteiger partial charge >= 0.3 is 0 Å². The van der Waals surface area contributed by atoms with Crippen LogP contribution < -0.4 is 5.32 Å². The van der Waals surface area contributed by atoms with Gasteiger partial charge in [-0.1, -0.05) is 23.7 Å². The summed E-state index contributed by atoms with van der Waals surface area (Å²) in [6.45, 7) is 5.79. The Hall–Kier alpha value is -2.37. The number of benzene rings is 2. The molecule has 0 aromatic heterocycles. The van der Waals surface area contributed by atoms with Crippen LogP contribution in [0.4, 0.5) is 5.69 Å². The average Bonchev–Trinajstić information content (AvgIpc) is 2.64. The van der Waals surface area contributed by atoms with Crippen LogP contribution in [0.1, 0.15) is 22.8 Å². The molecule has 0 atom stereocenters. The lowest BCUT2D eigenvalue weighted by Gasteiger charge is -2.34. The van der Waals surface area contributed by atoms with Crippen molar-refractivity contribution in [1.82, 2.24) is 9.80 Å². The Kier molecular flexibility index (Phi) is 5.91. The van der Waals surface area contributed by atoms with Crippen LogP contribution in [0.15, 0.2) is 48.5 Å². The van der Waals surface area contributed by atoms with Gasteiger partial charge in [0.1, 0.15) is 0 Å². The Balaban J connectivity index is 1.53. The Bertz CT molecular complexity index is 767. The Morgan fingerprint density at radius 3 is 2.15 bits per heavy atom. The molecule has 1 saturated heterocycles. The van der Waals surface area contributed by atoms with E-state index in [4.69, 9.17) is 11.6 Å². The van der Waals surface area contributed by atoms with Gasteiger partial charge in [-0.05, 0) is 42.0 Å². The van der Waals surface area contributed by atoms with Crippen molar-refractivity contribution >= 4 is 29.1 Å². The number of amides is 2. The summed E-state index contributed by atoms with van der Waals surface area (Å²) in [5.41, 5.74) is 2.52. The Labute approximate surface area is 158 Å². The van der Waals surface area contributed by atoms with Gasteiger partial charge in [0.05, 0.1) is 0 Å². The molecule has 2 aromatic carbocycles. The molecule has 136 valence electrons. The van der Waals surface area contributed by atoms with Gasteiger partial charge < -0.3 is 10.2 Å². The van der Waals surface area contributed by atoms with E-state index in [1.807, 2.05) is 29.2 Å². The monoisotopic (exact) mass is 371 g/mol. The predicted octanol–water partition coefficient (Wildman–Crippen LogP) is 3.26. The summed E-state index contributed by atoms with van der Waals surface area (Å²) in [6.07, 6.45) is 0. The van der Waals surface area contributed by atoms with E-state index in [1.165, 1.54) is 5.56 Å². The van der Waals surface area contributed by atoms with Gasteiger partial charge in [0.2, 0.25) is 5.91 Å². The highest BCUT2D eigenvalue weighted by molar-refractivity contribution is 6.30. The van der Waals surface area contributed by atoms with E-state index in [1.54, 1.807) is 31.2 Å². The van der Waals surface area contributed by atoms with Crippen LogP contribution in [0, 0.1) is 0 Å². The lowest BCUT2D eigenvalue weighted by atomic mass is 10.1. The average molecular weight is 372 g/mol. The largest absolute Gasteiger partial charge is 0.340 e. The van der Waals surface area contributed by atoms with E-state index >= 15 is 0 Å². The summed E-state index contributed by atoms with van der Waals surface area (Å²) >= 11 is 5.84. The number of nitrogens with one attached hydrogen (secondary N) is 1. The molecule has 0 aliphatic carbocycles. The number of hydrogen-bond donors (Lipinski definition) is 1. The van der Waals surface area contributed by atoms with Crippen LogP contribution in [-0.2, 0) is 11.3 Å². The highest BCUT2D eigenvalue weighted by atomic mass is 35.5. The molecule has 0 bridgehead atoms. The molecule has 1 fully saturated rings. The number of halogens is 1. The third-order valence-electron chi connectivity index (χ3n) is 4.54. The number of carbonyl (C=O) groups is 2. The first-order valence-corrected chi connectivity index (χ1v) is 9.03. The first-order valence-electron chi connectivity index (χ1n) is 8.65. The van der Waals surface area contributed by atoms with Crippen LogP contribution in [0.5, 0.6) is 0 Å². The molecule has 0 spiro atoms. The molecule has 3 rings (SSSR count). The van der Waals surface area contributed by atoms with Crippen molar-refractivity contribution in [3.63, 3.8) is 0 Å². The molecule has 1 heterocycles. The fourth-order valence-corrected chi connectivity index (χ4v) is 3.10. The van der Waals surface area contributed by atoms with Crippen molar-refractivity contribution < 1.29 is 9.59 Å². The second kappa shape index (κ2) is 8.34. The van der Waals surface area contributed by atoms with Crippen molar-refractivity contribution in [2.45, 2.75) is 13.5 Å². The highest BCUT2D eigenvalue weighted by Gasteiger charge is 2.18. The van der Waals surface area contributed by atoms with E-state index in [0.29, 0.717) is 10.6 Å². The molecule has 1 aliphatic heterocycles. The normalized spacial score (nSPS) is 14.9. The first kappa shape index (κ1) is 18.4. The number of hydrogen-bond acceptors (Lipinski definition) is 3. The van der Waals surface area contributed by atoms with E-state index in [-0.39, 0.29) is 11.8 Å². The van der Waals surface area contributed by atoms with E-state index < -0.39 is 0 Å². The third kappa shape index (κ3) is 4.84. The van der Waals surface area contributed by atoms with Crippen molar-refractivity contribution in [1.29, 1.82) is 0 Å². The fourth-order valence-electron chi connectivity index (χ4n) is 2.98. The zero-order valence-electron chi connectivity index (χ0n) is 14.7. The fraction of sp³-hybridized carbons (Fsp3) is 0.300. The smallest absolute Gasteiger partial charge is 0.255 e. The van der Waals surface area contributed by atoms with Crippen LogP contribution in [0.2, 0.25) is 5.02 Å². The minimum Gasteiger partial charge on any atom is -0.340 e. The van der Waals surface area contributed by atoms with Crippen LogP contribution in [-0.4, -0.2) is 47.8 Å². The maximum atomic E-state index is 12.2. The van der Waals surface area contributed by atoms with Crippen LogP contribution in [0.3, 0.4) is 0 Å². The minimum atomic E-state index is -0.158. The standard InChI is InChI=1S/C20H22ClN3O2/c1-15(25)24-12-10-23(11-13-24)14-16-2-8-19(9-3-16)22-20(26)17-4-6-18(21)7-5-17/h2-9H,10-14H2,1H3,(H,22,26). The summed E-state index contributed by atoms with van der Waals surface area (Å²) in [5.74, 6) is -0.0137. The van der Waals surface area contributed by atoms with Gasteiger partial charge in [-0.3, -0.25) is 14.5 Å². The Morgan fingerprint density at radius 2 is 1.58 bits per heavy atom. The van der Waals surface area contributed by atoms with Crippen molar-refractivity contribution in [2.75, 3.05) is 31.5 Å². The Morgan fingerprint density at radius 1 is 0.962 bits per heavy atom. The molecular weight excluding hydrogens is 350 g/mol. The predicted molar refractivity (Wildman–Crippen MR) is 103 cm³/mol. The number of rotatable bonds is 4. The zero-order chi connectivity index (χ0) is 18.5. The van der Waals surface area contributed by atoms with Crippen LogP contribution >= 0.6 is 11.6 Å².